The molecule has 1 aromatic heterocycles. The Labute approximate surface area is 190 Å². The summed E-state index contributed by atoms with van der Waals surface area (Å²) in [6, 6.07) is 7.63. The molecule has 0 spiro atoms. The number of nitrogens with zero attached hydrogens (tertiary/aromatic N) is 1. The van der Waals surface area contributed by atoms with Crippen molar-refractivity contribution in [3.63, 3.8) is 0 Å². The van der Waals surface area contributed by atoms with Crippen molar-refractivity contribution in [2.45, 2.75) is 42.9 Å². The zero-order chi connectivity index (χ0) is 22.4. The van der Waals surface area contributed by atoms with Crippen LogP contribution in [0.25, 0.3) is 0 Å². The summed E-state index contributed by atoms with van der Waals surface area (Å²) in [5.41, 5.74) is 5.61. The van der Waals surface area contributed by atoms with Gasteiger partial charge in [-0.25, -0.2) is 8.42 Å². The number of benzene rings is 1. The smallest absolute Gasteiger partial charge is 0.256 e. The summed E-state index contributed by atoms with van der Waals surface area (Å²) in [7, 11) is -3.72. The summed E-state index contributed by atoms with van der Waals surface area (Å²) in [5.74, 6) is -0.221. The summed E-state index contributed by atoms with van der Waals surface area (Å²) in [5, 5.41) is 2.31. The lowest BCUT2D eigenvalue weighted by Gasteiger charge is -2.22. The molecule has 1 saturated heterocycles. The zero-order valence-electron chi connectivity index (χ0n) is 17.0. The Bertz CT molecular complexity index is 1030. The number of aryl methyl sites for hydroxylation is 1. The lowest BCUT2D eigenvalue weighted by Crippen LogP contribution is -2.51. The summed E-state index contributed by atoms with van der Waals surface area (Å²) >= 11 is 7.02. The molecule has 8 nitrogen and oxygen atoms in total. The average molecular weight is 486 g/mol. The van der Waals surface area contributed by atoms with Crippen LogP contribution >= 0.6 is 22.9 Å². The lowest BCUT2D eigenvalue weighted by molar-refractivity contribution is -0.130. The van der Waals surface area contributed by atoms with Gasteiger partial charge in [-0.15, -0.1) is 11.3 Å². The van der Waals surface area contributed by atoms with E-state index in [1.807, 2.05) is 6.92 Å². The Hall–Kier alpha value is -2.14. The predicted molar refractivity (Wildman–Crippen MR) is 118 cm³/mol. The Morgan fingerprint density at radius 2 is 2.10 bits per heavy atom. The van der Waals surface area contributed by atoms with Gasteiger partial charge >= 0.3 is 0 Å². The molecular formula is C20H24ClN3O5S2. The number of carbonyl (C=O) groups is 2. The molecule has 1 unspecified atom stereocenters. The Morgan fingerprint density at radius 1 is 1.29 bits per heavy atom. The van der Waals surface area contributed by atoms with Gasteiger partial charge in [0.05, 0.1) is 6.61 Å². The zero-order valence-corrected chi connectivity index (χ0v) is 19.4. The van der Waals surface area contributed by atoms with Crippen LogP contribution in [-0.2, 0) is 19.6 Å². The topological polar surface area (TPSA) is 105 Å². The van der Waals surface area contributed by atoms with Crippen LogP contribution in [0.15, 0.2) is 39.9 Å². The van der Waals surface area contributed by atoms with Crippen LogP contribution in [0.3, 0.4) is 0 Å². The number of carbonyl (C=O) groups excluding carboxylic acids is 2. The van der Waals surface area contributed by atoms with Crippen molar-refractivity contribution in [3.05, 3.63) is 46.3 Å². The van der Waals surface area contributed by atoms with E-state index in [2.05, 4.69) is 10.9 Å². The van der Waals surface area contributed by atoms with Gasteiger partial charge in [-0.2, -0.15) is 4.31 Å². The molecule has 2 heterocycles. The minimum atomic E-state index is -3.72. The molecule has 2 aromatic rings. The molecule has 31 heavy (non-hydrogen) atoms. The number of hydrogen-bond donors (Lipinski definition) is 2. The van der Waals surface area contributed by atoms with Gasteiger partial charge in [0.1, 0.15) is 16.0 Å². The van der Waals surface area contributed by atoms with E-state index in [0.29, 0.717) is 36.6 Å². The van der Waals surface area contributed by atoms with Crippen LogP contribution in [-0.4, -0.2) is 43.7 Å². The SMILES string of the molecule is Cc1cc(Cl)ccc1OCCCC(=O)NNC(=O)C1CCCN1S(=O)(=O)c1cccs1. The molecule has 0 radical (unpaired) electrons. The molecule has 1 aromatic carbocycles. The number of rotatable bonds is 8. The van der Waals surface area contributed by atoms with Crippen molar-refractivity contribution in [2.24, 2.45) is 0 Å². The highest BCUT2D eigenvalue weighted by Gasteiger charge is 2.40. The third-order valence-electron chi connectivity index (χ3n) is 4.83. The third-order valence-corrected chi connectivity index (χ3v) is 8.35. The first-order chi connectivity index (χ1) is 14.8. The fourth-order valence-electron chi connectivity index (χ4n) is 3.28. The van der Waals surface area contributed by atoms with Crippen LogP contribution in [0.2, 0.25) is 5.02 Å². The molecule has 1 aliphatic rings. The van der Waals surface area contributed by atoms with Crippen molar-refractivity contribution in [1.82, 2.24) is 15.2 Å². The first kappa shape index (κ1) is 23.5. The van der Waals surface area contributed by atoms with Crippen molar-refractivity contribution in [2.75, 3.05) is 13.2 Å². The summed E-state index contributed by atoms with van der Waals surface area (Å²) in [4.78, 5) is 24.5. The first-order valence-electron chi connectivity index (χ1n) is 9.82. The number of thiophene rings is 1. The Morgan fingerprint density at radius 3 is 2.81 bits per heavy atom. The third kappa shape index (κ3) is 5.97. The van der Waals surface area contributed by atoms with Crippen LogP contribution in [0.4, 0.5) is 0 Å². The normalized spacial score (nSPS) is 16.8. The van der Waals surface area contributed by atoms with E-state index in [1.54, 1.807) is 29.6 Å². The van der Waals surface area contributed by atoms with E-state index >= 15 is 0 Å². The summed E-state index contributed by atoms with van der Waals surface area (Å²) in [6.45, 7) is 2.49. The maximum Gasteiger partial charge on any atom is 0.256 e. The molecule has 168 valence electrons. The average Bonchev–Trinajstić information content (AvgIpc) is 3.43. The number of sulfonamides is 1. The second-order valence-corrected chi connectivity index (χ2v) is 10.6. The minimum absolute atomic E-state index is 0.148. The molecule has 0 aliphatic carbocycles. The van der Waals surface area contributed by atoms with Gasteiger partial charge in [0, 0.05) is 18.0 Å². The lowest BCUT2D eigenvalue weighted by atomic mass is 10.2. The molecule has 2 N–H and O–H groups in total. The van der Waals surface area contributed by atoms with Gasteiger partial charge in [-0.05, 0) is 61.4 Å². The highest BCUT2D eigenvalue weighted by atomic mass is 35.5. The van der Waals surface area contributed by atoms with E-state index in [1.165, 1.54) is 10.4 Å². The number of amides is 2. The number of halogens is 1. The van der Waals surface area contributed by atoms with Crippen molar-refractivity contribution in [3.8, 4) is 5.75 Å². The Kier molecular flexibility index (Phi) is 7.93. The van der Waals surface area contributed by atoms with Crippen LogP contribution in [0.1, 0.15) is 31.2 Å². The first-order valence-corrected chi connectivity index (χ1v) is 12.5. The van der Waals surface area contributed by atoms with Gasteiger partial charge in [0.25, 0.3) is 15.9 Å². The molecule has 1 aliphatic heterocycles. The Balaban J connectivity index is 1.43. The fourth-order valence-corrected chi connectivity index (χ4v) is 6.29. The quantitative estimate of drug-likeness (QED) is 0.442. The molecule has 11 heteroatoms. The number of hydrogen-bond acceptors (Lipinski definition) is 6. The molecule has 1 atom stereocenters. The van der Waals surface area contributed by atoms with Crippen molar-refractivity contribution in [1.29, 1.82) is 0 Å². The highest BCUT2D eigenvalue weighted by molar-refractivity contribution is 7.91. The van der Waals surface area contributed by atoms with Crippen LogP contribution in [0, 0.1) is 6.92 Å². The number of ether oxygens (including phenoxy) is 1. The fraction of sp³-hybridized carbons (Fsp3) is 0.400. The van der Waals surface area contributed by atoms with Gasteiger partial charge in [0.2, 0.25) is 5.91 Å². The second kappa shape index (κ2) is 10.4. The van der Waals surface area contributed by atoms with Crippen molar-refractivity contribution < 1.29 is 22.7 Å². The number of hydrazine groups is 1. The van der Waals surface area contributed by atoms with E-state index in [-0.39, 0.29) is 23.1 Å². The number of nitrogens with one attached hydrogen (secondary N) is 2. The molecule has 3 rings (SSSR count). The largest absolute Gasteiger partial charge is 0.493 e. The van der Waals surface area contributed by atoms with E-state index in [9.17, 15) is 18.0 Å². The van der Waals surface area contributed by atoms with Crippen molar-refractivity contribution >= 4 is 44.8 Å². The maximum absolute atomic E-state index is 12.7. The molecule has 1 fully saturated rings. The minimum Gasteiger partial charge on any atom is -0.493 e. The van der Waals surface area contributed by atoms with Gasteiger partial charge in [-0.1, -0.05) is 17.7 Å². The van der Waals surface area contributed by atoms with E-state index in [4.69, 9.17) is 16.3 Å². The van der Waals surface area contributed by atoms with E-state index < -0.39 is 22.0 Å². The summed E-state index contributed by atoms with van der Waals surface area (Å²) in [6.07, 6.45) is 1.58. The van der Waals surface area contributed by atoms with Crippen LogP contribution < -0.4 is 15.6 Å². The molecule has 0 bridgehead atoms. The highest BCUT2D eigenvalue weighted by Crippen LogP contribution is 2.28. The summed E-state index contributed by atoms with van der Waals surface area (Å²) < 4.78 is 32.5. The standard InChI is InChI=1S/C20H24ClN3O5S2/c1-14-13-15(21)8-9-17(14)29-11-3-6-18(25)22-23-20(26)16-5-2-10-24(16)31(27,28)19-7-4-12-30-19/h4,7-9,12-13,16H,2-3,5-6,10-11H2,1H3,(H,22,25)(H,23,26). The van der Waals surface area contributed by atoms with Gasteiger partial charge < -0.3 is 4.74 Å². The van der Waals surface area contributed by atoms with Gasteiger partial charge in [-0.3, -0.25) is 20.4 Å². The predicted octanol–water partition coefficient (Wildman–Crippen LogP) is 2.87. The maximum atomic E-state index is 12.7. The molecular weight excluding hydrogens is 462 g/mol. The second-order valence-electron chi connectivity index (χ2n) is 7.11. The van der Waals surface area contributed by atoms with E-state index in [0.717, 1.165) is 16.9 Å². The monoisotopic (exact) mass is 485 g/mol. The molecule has 0 saturated carbocycles. The van der Waals surface area contributed by atoms with Gasteiger partial charge in [0.15, 0.2) is 0 Å². The van der Waals surface area contributed by atoms with Crippen LogP contribution in [0.5, 0.6) is 5.75 Å². The molecule has 2 amide bonds.